The van der Waals surface area contributed by atoms with E-state index in [4.69, 9.17) is 55.2 Å². The van der Waals surface area contributed by atoms with Crippen LogP contribution in [0.2, 0.25) is 5.02 Å². The molecule has 5 atom stereocenters. The molecule has 0 spiro atoms. The van der Waals surface area contributed by atoms with Gasteiger partial charge >= 0.3 is 0 Å². The number of fused-ring (bicyclic) bond motifs is 5. The van der Waals surface area contributed by atoms with Gasteiger partial charge in [0, 0.05) is 108 Å². The van der Waals surface area contributed by atoms with Gasteiger partial charge in [0.1, 0.15) is 11.5 Å². The Hall–Kier alpha value is -10.4. The topological polar surface area (TPSA) is 103 Å². The molecule has 0 saturated carbocycles. The quantitative estimate of drug-likeness (QED) is 0.112. The lowest BCUT2D eigenvalue weighted by molar-refractivity contribution is 0.354. The number of benzene rings is 11. The van der Waals surface area contributed by atoms with Gasteiger partial charge in [-0.05, 0) is 210 Å². The molecule has 610 valence electrons. The molecule has 0 N–H and O–H groups in total. The molecule has 5 unspecified atom stereocenters. The highest BCUT2D eigenvalue weighted by Gasteiger charge is 2.30. The highest BCUT2D eigenvalue weighted by atomic mass is 35.5. The normalized spacial score (nSPS) is 16.9. The van der Waals surface area contributed by atoms with Crippen LogP contribution in [0.25, 0.3) is 0 Å². The molecule has 0 aliphatic carbocycles. The summed E-state index contributed by atoms with van der Waals surface area (Å²) in [7, 11) is 5.05. The van der Waals surface area contributed by atoms with E-state index in [1.54, 1.807) is 61.6 Å². The van der Waals surface area contributed by atoms with Crippen LogP contribution >= 0.6 is 104 Å². The minimum atomic E-state index is 0.263. The fourth-order valence-corrected chi connectivity index (χ4v) is 23.4. The van der Waals surface area contributed by atoms with E-state index in [1.807, 2.05) is 107 Å². The summed E-state index contributed by atoms with van der Waals surface area (Å²) < 4.78 is 21.9. The number of thioether (sulfide) groups is 5. The van der Waals surface area contributed by atoms with Gasteiger partial charge in [0.2, 0.25) is 0 Å². The molecule has 0 saturated heterocycles. The molecule has 11 aromatic carbocycles. The zero-order valence-corrected chi connectivity index (χ0v) is 75.9. The van der Waals surface area contributed by atoms with Gasteiger partial charge < -0.3 is 18.6 Å². The number of hydrogen-bond acceptors (Lipinski definition) is 17. The maximum Gasteiger partial charge on any atom is 0.161 e. The zero-order chi connectivity index (χ0) is 83.7. The number of ether oxygens (including phenoxy) is 3. The van der Waals surface area contributed by atoms with Gasteiger partial charge in [0.15, 0.2) is 11.5 Å². The van der Waals surface area contributed by atoms with Crippen molar-refractivity contribution in [3.05, 3.63) is 407 Å². The third-order valence-electron chi connectivity index (χ3n) is 21.2. The fraction of sp³-hybridized carbons (Fsp3) is 0.163. The number of nitrogens with zero attached hydrogens (tertiary/aromatic N) is 5. The average Bonchev–Trinajstić information content (AvgIpc) is 1.64. The van der Waals surface area contributed by atoms with Crippen LogP contribution in [-0.2, 0) is 0 Å². The summed E-state index contributed by atoms with van der Waals surface area (Å²) >= 11 is 20.8. The minimum absolute atomic E-state index is 0.263. The van der Waals surface area contributed by atoms with Crippen molar-refractivity contribution in [2.45, 2.75) is 111 Å². The van der Waals surface area contributed by atoms with Crippen LogP contribution in [0.4, 0.5) is 28.4 Å². The van der Waals surface area contributed by atoms with Gasteiger partial charge in [-0.25, -0.2) is 4.99 Å². The summed E-state index contributed by atoms with van der Waals surface area (Å²) in [6, 6.07) is 106. The van der Waals surface area contributed by atoms with Crippen molar-refractivity contribution < 1.29 is 18.6 Å². The maximum atomic E-state index is 6.06. The van der Waals surface area contributed by atoms with Crippen molar-refractivity contribution in [3.63, 3.8) is 0 Å². The first-order chi connectivity index (χ1) is 59.8. The van der Waals surface area contributed by atoms with Gasteiger partial charge in [-0.3, -0.25) is 20.0 Å². The SMILES string of the molecule is COc1ccc(C2CC(c3ccco3)=Nc3ccccc3S2)cc1C.COc1ccc(C2CC(c3cccs3)=Nc3ccccc3S2)cc1OC.Cc1ccc(C2CC(c3ccc(Cl)cc3)=Nc3ccccc3S2)cc1.Cc1ccc(C2CC(c3cccs3)=Nc3ccccc3S2)cc1.Cc1ccccc1C1CC(c2cccs2)=Nc2ccccc2S1. The molecular weight excluding hydrogens is 1680 g/mol. The number of aliphatic imine (C=N–C) groups is 5. The Labute approximate surface area is 754 Å². The first-order valence-corrected chi connectivity index (χ1v) is 47.9. The zero-order valence-electron chi connectivity index (χ0n) is 68.6. The molecule has 18 heteroatoms. The summed E-state index contributed by atoms with van der Waals surface area (Å²) in [4.78, 5) is 34.8. The summed E-state index contributed by atoms with van der Waals surface area (Å²) in [5.74, 6) is 3.27. The largest absolute Gasteiger partial charge is 0.496 e. The Morgan fingerprint density at radius 3 is 1.07 bits per heavy atom. The Morgan fingerprint density at radius 2 is 0.664 bits per heavy atom. The second kappa shape index (κ2) is 41.2. The Balaban J connectivity index is 0.000000113. The molecule has 5 aliphatic rings. The number of methoxy groups -OCH3 is 3. The van der Waals surface area contributed by atoms with Gasteiger partial charge in [0.05, 0.1) is 78.9 Å². The van der Waals surface area contributed by atoms with Crippen molar-refractivity contribution in [1.82, 2.24) is 0 Å². The van der Waals surface area contributed by atoms with Crippen LogP contribution in [-0.4, -0.2) is 49.9 Å². The van der Waals surface area contributed by atoms with Gasteiger partial charge in [-0.15, -0.1) is 92.8 Å². The summed E-state index contributed by atoms with van der Waals surface area (Å²) in [5.41, 5.74) is 23.8. The smallest absolute Gasteiger partial charge is 0.161 e. The monoisotopic (exact) mass is 1760 g/mol. The molecule has 122 heavy (non-hydrogen) atoms. The molecule has 0 amide bonds. The van der Waals surface area contributed by atoms with Crippen LogP contribution in [0.5, 0.6) is 17.2 Å². The Morgan fingerprint density at radius 1 is 0.303 bits per heavy atom. The van der Waals surface area contributed by atoms with E-state index in [9.17, 15) is 0 Å². The number of furan rings is 1. The van der Waals surface area contributed by atoms with Crippen LogP contribution in [0.3, 0.4) is 0 Å². The minimum Gasteiger partial charge on any atom is -0.496 e. The van der Waals surface area contributed by atoms with Crippen LogP contribution in [0, 0.1) is 27.7 Å². The standard InChI is InChI=1S/C22H18ClNS.C21H19NO2S2.C21H19NO2S.2C20H17NS2/c1-15-6-8-17(9-7-15)22-14-20(16-10-12-18(23)13-11-16)24-19-4-2-3-5-21(19)25-22;1-23-17-10-9-14(12-18(17)24-2)21-13-16(19-8-5-11-25-19)22-15-6-3-4-7-20(15)26-21;1-14-12-15(9-10-18(14)23-2)21-13-17(19-7-5-11-24-19)22-16-6-3-4-8-20(16)25-21;1-14-7-2-3-8-15(14)20-13-17(18-11-6-12-22-18)21-16-9-4-5-10-19(16)23-20;1-14-8-10-15(11-9-14)20-13-17(18-7-4-12-22-18)21-16-5-2-3-6-19(16)23-20/h2-13,22H,14H2,1H3;3-12,21H,13H2,1-2H3;3-12,21H,13H2,1-2H3;2*2-12,20H,13H2,1H3. The highest BCUT2D eigenvalue weighted by molar-refractivity contribution is 8.00. The van der Waals surface area contributed by atoms with E-state index in [-0.39, 0.29) is 10.5 Å². The Kier molecular flexibility index (Phi) is 28.7. The number of para-hydroxylation sites is 5. The molecule has 9 heterocycles. The second-order valence-corrected chi connectivity index (χ2v) is 39.1. The molecule has 0 bridgehead atoms. The number of halogens is 1. The molecule has 5 aliphatic heterocycles. The lowest BCUT2D eigenvalue weighted by Gasteiger charge is -2.17. The number of rotatable bonds is 13. The number of aryl methyl sites for hydroxylation is 4. The molecule has 0 radical (unpaired) electrons. The fourth-order valence-electron chi connectivity index (χ4n) is 14.9. The predicted molar refractivity (Wildman–Crippen MR) is 523 cm³/mol. The van der Waals surface area contributed by atoms with E-state index in [1.165, 1.54) is 95.0 Å². The van der Waals surface area contributed by atoms with E-state index < -0.39 is 0 Å². The van der Waals surface area contributed by atoms with E-state index in [2.05, 4.69) is 299 Å². The first kappa shape index (κ1) is 85.2. The van der Waals surface area contributed by atoms with Gasteiger partial charge in [-0.2, -0.15) is 0 Å². The lowest BCUT2D eigenvalue weighted by Crippen LogP contribution is -2.05. The average molecular weight is 1770 g/mol. The lowest BCUT2D eigenvalue weighted by atomic mass is 10.0. The van der Waals surface area contributed by atoms with Crippen LogP contribution in [0.15, 0.2) is 380 Å². The predicted octanol–water partition coefficient (Wildman–Crippen LogP) is 31.9. The van der Waals surface area contributed by atoms with Gasteiger partial charge in [0.25, 0.3) is 0 Å². The van der Waals surface area contributed by atoms with Crippen LogP contribution < -0.4 is 14.2 Å². The third kappa shape index (κ3) is 21.4. The molecule has 20 rings (SSSR count). The van der Waals surface area contributed by atoms with E-state index in [0.29, 0.717) is 15.7 Å². The highest BCUT2D eigenvalue weighted by Crippen LogP contribution is 2.52. The van der Waals surface area contributed by atoms with Crippen LogP contribution in [0.1, 0.15) is 134 Å². The summed E-state index contributed by atoms with van der Waals surface area (Å²) in [6.07, 6.45) is 6.21. The van der Waals surface area contributed by atoms with Crippen molar-refractivity contribution in [3.8, 4) is 17.2 Å². The van der Waals surface area contributed by atoms with Crippen molar-refractivity contribution in [2.75, 3.05) is 21.3 Å². The summed E-state index contributed by atoms with van der Waals surface area (Å²) in [6.45, 7) is 8.55. The van der Waals surface area contributed by atoms with Gasteiger partial charge in [-0.1, -0.05) is 205 Å². The summed E-state index contributed by atoms with van der Waals surface area (Å²) in [5, 5.41) is 8.80. The molecule has 0 fully saturated rings. The molecular formula is C104H90ClN5O4S8. The van der Waals surface area contributed by atoms with Crippen molar-refractivity contribution in [2.24, 2.45) is 25.0 Å². The van der Waals surface area contributed by atoms with Crippen molar-refractivity contribution in [1.29, 1.82) is 0 Å². The third-order valence-corrected chi connectivity index (χ3v) is 30.8. The van der Waals surface area contributed by atoms with Crippen molar-refractivity contribution >= 4 is 161 Å². The maximum absolute atomic E-state index is 6.06. The first-order valence-electron chi connectivity index (χ1n) is 40.4. The number of thiophene rings is 3. The second-order valence-electron chi connectivity index (χ2n) is 29.6. The van der Waals surface area contributed by atoms with E-state index in [0.717, 1.165) is 117 Å². The molecule has 15 aromatic rings. The Bertz CT molecular complexity index is 6210. The molecule has 9 nitrogen and oxygen atoms in total. The number of hydrogen-bond donors (Lipinski definition) is 0. The van der Waals surface area contributed by atoms with E-state index >= 15 is 0 Å². The molecule has 4 aromatic heterocycles.